The first-order chi connectivity index (χ1) is 14.9. The summed E-state index contributed by atoms with van der Waals surface area (Å²) in [6.07, 6.45) is 7.25. The van der Waals surface area contributed by atoms with Crippen LogP contribution in [-0.2, 0) is 39.0 Å². The van der Waals surface area contributed by atoms with Gasteiger partial charge in [-0.2, -0.15) is 0 Å². The third-order valence-corrected chi connectivity index (χ3v) is 6.78. The lowest BCUT2D eigenvalue weighted by Crippen LogP contribution is -2.48. The van der Waals surface area contributed by atoms with Crippen molar-refractivity contribution in [2.75, 3.05) is 17.6 Å². The molecule has 0 saturated carbocycles. The van der Waals surface area contributed by atoms with Crippen LogP contribution in [0.2, 0.25) is 0 Å². The van der Waals surface area contributed by atoms with Crippen molar-refractivity contribution in [1.29, 1.82) is 0 Å². The largest absolute Gasteiger partial charge is 0.459 e. The zero-order valence-electron chi connectivity index (χ0n) is 19.0. The smallest absolute Gasteiger partial charge is 0.326 e. The molecule has 0 aliphatic carbocycles. The van der Waals surface area contributed by atoms with Gasteiger partial charge in [0, 0.05) is 13.5 Å². The molecule has 0 saturated heterocycles. The number of hydrogen-bond donors (Lipinski definition) is 1. The van der Waals surface area contributed by atoms with Gasteiger partial charge in [0.25, 0.3) is 0 Å². The van der Waals surface area contributed by atoms with Gasteiger partial charge in [-0.15, -0.1) is 0 Å². The van der Waals surface area contributed by atoms with Crippen molar-refractivity contribution < 1.29 is 17.9 Å². The first-order valence-electron chi connectivity index (χ1n) is 10.6. The van der Waals surface area contributed by atoms with Gasteiger partial charge >= 0.3 is 5.97 Å². The maximum Gasteiger partial charge on any atom is 0.326 e. The van der Waals surface area contributed by atoms with Crippen LogP contribution in [0.1, 0.15) is 42.7 Å². The molecule has 1 aromatic carbocycles. The topological polar surface area (TPSA) is 103 Å². The number of sulfonamides is 1. The van der Waals surface area contributed by atoms with E-state index in [4.69, 9.17) is 10.5 Å². The Morgan fingerprint density at radius 2 is 1.91 bits per heavy atom. The van der Waals surface area contributed by atoms with E-state index in [2.05, 4.69) is 30.1 Å². The molecule has 0 amide bonds. The summed E-state index contributed by atoms with van der Waals surface area (Å²) in [6.45, 7) is 3.77. The van der Waals surface area contributed by atoms with E-state index in [0.717, 1.165) is 29.0 Å². The summed E-state index contributed by atoms with van der Waals surface area (Å²) in [5, 5.41) is 0. The fourth-order valence-corrected chi connectivity index (χ4v) is 3.99. The third-order valence-electron chi connectivity index (χ3n) is 5.59. The molecule has 4 bridgehead atoms. The first kappa shape index (κ1) is 23.9. The van der Waals surface area contributed by atoms with Gasteiger partial charge < -0.3 is 10.5 Å². The molecule has 172 valence electrons. The van der Waals surface area contributed by atoms with Crippen molar-refractivity contribution in [3.05, 3.63) is 64.9 Å². The summed E-state index contributed by atoms with van der Waals surface area (Å²) in [6, 6.07) is 11.5. The minimum atomic E-state index is -3.49. The molecule has 2 heterocycles. The van der Waals surface area contributed by atoms with Crippen molar-refractivity contribution in [2.45, 2.75) is 45.3 Å². The van der Waals surface area contributed by atoms with E-state index in [9.17, 15) is 13.2 Å². The van der Waals surface area contributed by atoms with Gasteiger partial charge in [0.05, 0.1) is 11.9 Å². The van der Waals surface area contributed by atoms with Crippen LogP contribution in [0, 0.1) is 5.92 Å². The number of rotatable bonds is 2. The van der Waals surface area contributed by atoms with E-state index in [-0.39, 0.29) is 12.4 Å². The predicted octanol–water partition coefficient (Wildman–Crippen LogP) is 3.08. The molecular formula is C24H31N3O4S. The highest BCUT2D eigenvalue weighted by Crippen LogP contribution is 2.22. The molecule has 7 nitrogen and oxygen atoms in total. The lowest BCUT2D eigenvalue weighted by molar-refractivity contribution is -0.150. The molecule has 3 rings (SSSR count). The molecule has 1 aliphatic rings. The highest BCUT2D eigenvalue weighted by atomic mass is 32.2. The molecule has 32 heavy (non-hydrogen) atoms. The van der Waals surface area contributed by atoms with Gasteiger partial charge in [-0.1, -0.05) is 37.3 Å². The van der Waals surface area contributed by atoms with Crippen LogP contribution in [0.5, 0.6) is 0 Å². The Labute approximate surface area is 190 Å². The maximum atomic E-state index is 12.8. The van der Waals surface area contributed by atoms with Gasteiger partial charge in [-0.05, 0) is 60.6 Å². The third kappa shape index (κ3) is 6.17. The standard InChI is InChI=1S/C24H31N3O4S/c1-17-8-10-18-6-5-7-19(12-18)15-24(2,25)23(28)31-16-20-13-21(11-9-17)26-22(14-20)27(3)32(4,29)30/h5-7,9,11-14,17H,8,10,15-16,25H2,1-4H3/b11-9-. The Bertz CT molecular complexity index is 1130. The number of aryl methyl sites for hydroxylation is 1. The predicted molar refractivity (Wildman–Crippen MR) is 127 cm³/mol. The summed E-state index contributed by atoms with van der Waals surface area (Å²) in [5.74, 6) is 0.0428. The van der Waals surface area contributed by atoms with Crippen LogP contribution < -0.4 is 10.0 Å². The second-order valence-corrected chi connectivity index (χ2v) is 10.9. The molecule has 2 N–H and O–H groups in total. The average Bonchev–Trinajstić information content (AvgIpc) is 2.72. The molecule has 2 aromatic rings. The Kier molecular flexibility index (Phi) is 7.05. The van der Waals surface area contributed by atoms with E-state index in [1.54, 1.807) is 19.1 Å². The zero-order valence-corrected chi connectivity index (χ0v) is 19.9. The number of benzene rings is 1. The number of pyridine rings is 1. The molecule has 1 aliphatic heterocycles. The second-order valence-electron chi connectivity index (χ2n) is 8.85. The number of ether oxygens (including phenoxy) is 1. The molecule has 2 unspecified atom stereocenters. The van der Waals surface area contributed by atoms with Gasteiger partial charge in [-0.3, -0.25) is 9.10 Å². The lowest BCUT2D eigenvalue weighted by atomic mass is 9.92. The van der Waals surface area contributed by atoms with E-state index < -0.39 is 21.5 Å². The van der Waals surface area contributed by atoms with Gasteiger partial charge in [0.1, 0.15) is 18.0 Å². The molecule has 1 aromatic heterocycles. The fourth-order valence-electron chi connectivity index (χ4n) is 3.55. The van der Waals surface area contributed by atoms with Crippen LogP contribution in [0.25, 0.3) is 6.08 Å². The van der Waals surface area contributed by atoms with Crippen LogP contribution in [0.15, 0.2) is 42.5 Å². The first-order valence-corrected chi connectivity index (χ1v) is 12.5. The zero-order chi connectivity index (χ0) is 23.5. The molecule has 0 fully saturated rings. The van der Waals surface area contributed by atoms with Crippen LogP contribution in [-0.4, -0.2) is 38.2 Å². The van der Waals surface area contributed by atoms with E-state index in [1.165, 1.54) is 12.6 Å². The Morgan fingerprint density at radius 1 is 1.19 bits per heavy atom. The molecular weight excluding hydrogens is 426 g/mol. The number of carbonyl (C=O) groups excluding carboxylic acids is 1. The summed E-state index contributed by atoms with van der Waals surface area (Å²) in [5.41, 5.74) is 8.54. The summed E-state index contributed by atoms with van der Waals surface area (Å²) >= 11 is 0. The van der Waals surface area contributed by atoms with E-state index >= 15 is 0 Å². The van der Waals surface area contributed by atoms with Crippen molar-refractivity contribution in [1.82, 2.24) is 4.98 Å². The van der Waals surface area contributed by atoms with Gasteiger partial charge in [0.2, 0.25) is 10.0 Å². The highest BCUT2D eigenvalue weighted by molar-refractivity contribution is 7.92. The van der Waals surface area contributed by atoms with Gasteiger partial charge in [-0.25, -0.2) is 13.4 Å². The SMILES string of the molecule is CC1/C=C\c2cc(cc(N(C)S(C)(=O)=O)n2)COC(=O)C(C)(N)Cc2cccc(c2)CC1. The number of aromatic nitrogens is 1. The number of nitrogens with two attached hydrogens (primary N) is 1. The summed E-state index contributed by atoms with van der Waals surface area (Å²) in [4.78, 5) is 17.2. The molecule has 0 spiro atoms. The Balaban J connectivity index is 2.00. The molecule has 0 radical (unpaired) electrons. The fraction of sp³-hybridized carbons (Fsp3) is 0.417. The van der Waals surface area contributed by atoms with Crippen LogP contribution >= 0.6 is 0 Å². The van der Waals surface area contributed by atoms with Crippen LogP contribution in [0.4, 0.5) is 5.82 Å². The molecule has 8 heteroatoms. The number of esters is 1. The minimum Gasteiger partial charge on any atom is -0.459 e. The van der Waals surface area contributed by atoms with Gasteiger partial charge in [0.15, 0.2) is 0 Å². The van der Waals surface area contributed by atoms with Crippen LogP contribution in [0.3, 0.4) is 0 Å². The minimum absolute atomic E-state index is 0.0326. The monoisotopic (exact) mass is 457 g/mol. The number of nitrogens with zero attached hydrogens (tertiary/aromatic N) is 2. The number of fused-ring (bicyclic) bond motifs is 4. The summed E-state index contributed by atoms with van der Waals surface area (Å²) < 4.78 is 30.7. The highest BCUT2D eigenvalue weighted by Gasteiger charge is 2.30. The van der Waals surface area contributed by atoms with E-state index in [1.807, 2.05) is 18.2 Å². The number of carbonyl (C=O) groups is 1. The second kappa shape index (κ2) is 9.42. The Hall–Kier alpha value is -2.71. The van der Waals surface area contributed by atoms with Crippen molar-refractivity contribution in [3.63, 3.8) is 0 Å². The van der Waals surface area contributed by atoms with Crippen molar-refractivity contribution >= 4 is 27.9 Å². The average molecular weight is 458 g/mol. The number of anilines is 1. The Morgan fingerprint density at radius 3 is 2.62 bits per heavy atom. The summed E-state index contributed by atoms with van der Waals surface area (Å²) in [7, 11) is -2.05. The number of cyclic esters (lactones) is 1. The normalized spacial score (nSPS) is 23.3. The maximum absolute atomic E-state index is 12.8. The van der Waals surface area contributed by atoms with Crippen molar-refractivity contribution in [3.8, 4) is 0 Å². The quantitative estimate of drug-likeness (QED) is 0.696. The number of allylic oxidation sites excluding steroid dienone is 1. The van der Waals surface area contributed by atoms with E-state index in [0.29, 0.717) is 23.6 Å². The lowest BCUT2D eigenvalue weighted by Gasteiger charge is -2.23. The van der Waals surface area contributed by atoms with Crippen molar-refractivity contribution in [2.24, 2.45) is 11.7 Å². The number of hydrogen-bond acceptors (Lipinski definition) is 6. The molecule has 2 atom stereocenters.